The molecular formula is C22H27ClN8. The van der Waals surface area contributed by atoms with Crippen LogP contribution in [0.2, 0.25) is 5.28 Å². The molecule has 0 aliphatic rings. The van der Waals surface area contributed by atoms with Gasteiger partial charge >= 0.3 is 0 Å². The number of imidazole rings is 1. The Morgan fingerprint density at radius 3 is 2.61 bits per heavy atom. The van der Waals surface area contributed by atoms with Crippen LogP contribution in [0.3, 0.4) is 0 Å². The highest BCUT2D eigenvalue weighted by Crippen LogP contribution is 2.25. The Balaban J connectivity index is 1.63. The molecule has 0 spiro atoms. The van der Waals surface area contributed by atoms with Crippen LogP contribution < -0.4 is 10.2 Å². The summed E-state index contributed by atoms with van der Waals surface area (Å²) in [6, 6.07) is 10.4. The molecule has 1 N–H and O–H groups in total. The van der Waals surface area contributed by atoms with Crippen LogP contribution in [0.5, 0.6) is 0 Å². The van der Waals surface area contributed by atoms with Crippen LogP contribution in [0, 0.1) is 0 Å². The first-order valence-electron chi connectivity index (χ1n) is 10.5. The molecule has 0 atom stereocenters. The summed E-state index contributed by atoms with van der Waals surface area (Å²) in [6.45, 7) is 10.8. The molecule has 0 radical (unpaired) electrons. The van der Waals surface area contributed by atoms with E-state index in [4.69, 9.17) is 16.7 Å². The van der Waals surface area contributed by atoms with Gasteiger partial charge in [0.15, 0.2) is 22.8 Å². The molecule has 0 unspecified atom stereocenters. The van der Waals surface area contributed by atoms with Crippen LogP contribution in [-0.4, -0.2) is 42.4 Å². The zero-order valence-electron chi connectivity index (χ0n) is 18.2. The highest BCUT2D eigenvalue weighted by Gasteiger charge is 2.15. The molecule has 0 fully saturated rings. The first kappa shape index (κ1) is 21.1. The second-order valence-corrected chi connectivity index (χ2v) is 7.87. The minimum Gasteiger partial charge on any atom is -0.364 e. The maximum atomic E-state index is 6.20. The summed E-state index contributed by atoms with van der Waals surface area (Å²) in [5.41, 5.74) is 3.53. The molecule has 0 bridgehead atoms. The number of benzene rings is 1. The largest absolute Gasteiger partial charge is 0.364 e. The van der Waals surface area contributed by atoms with Crippen molar-refractivity contribution in [2.75, 3.05) is 23.3 Å². The SMILES string of the molecule is CCN(CC)c1ccn(-c2ccccc2CNc2nc(Cl)nc3c2ncn3C(C)C)n1. The molecule has 4 aromatic rings. The summed E-state index contributed by atoms with van der Waals surface area (Å²) < 4.78 is 3.90. The standard InChI is InChI=1S/C22H27ClN8/c1-5-29(6-2)18-11-12-31(28-18)17-10-8-7-9-16(17)13-24-20-19-21(27-22(23)26-20)30(14-25-19)15(3)4/h7-12,14-15H,5-6,13H2,1-4H3,(H,24,26,27). The van der Waals surface area contributed by atoms with Gasteiger partial charge < -0.3 is 14.8 Å². The maximum Gasteiger partial charge on any atom is 0.226 e. The molecule has 3 heterocycles. The Hall–Kier alpha value is -3.13. The van der Waals surface area contributed by atoms with Crippen molar-refractivity contribution in [3.05, 3.63) is 53.7 Å². The number of rotatable bonds is 8. The van der Waals surface area contributed by atoms with E-state index in [1.54, 1.807) is 6.33 Å². The van der Waals surface area contributed by atoms with Crippen LogP contribution in [0.4, 0.5) is 11.6 Å². The van der Waals surface area contributed by atoms with Gasteiger partial charge in [-0.15, -0.1) is 0 Å². The zero-order valence-corrected chi connectivity index (χ0v) is 19.0. The zero-order chi connectivity index (χ0) is 22.0. The molecule has 8 nitrogen and oxygen atoms in total. The van der Waals surface area contributed by atoms with E-state index < -0.39 is 0 Å². The molecule has 0 amide bonds. The van der Waals surface area contributed by atoms with Crippen molar-refractivity contribution in [3.8, 4) is 5.69 Å². The van der Waals surface area contributed by atoms with Crippen molar-refractivity contribution in [3.63, 3.8) is 0 Å². The minimum absolute atomic E-state index is 0.196. The Kier molecular flexibility index (Phi) is 6.08. The van der Waals surface area contributed by atoms with Crippen LogP contribution >= 0.6 is 11.6 Å². The Morgan fingerprint density at radius 1 is 1.10 bits per heavy atom. The van der Waals surface area contributed by atoms with Crippen molar-refractivity contribution >= 4 is 34.4 Å². The van der Waals surface area contributed by atoms with Crippen LogP contribution in [0.1, 0.15) is 39.3 Å². The van der Waals surface area contributed by atoms with Gasteiger partial charge in [-0.05, 0) is 50.9 Å². The molecule has 0 aliphatic heterocycles. The smallest absolute Gasteiger partial charge is 0.226 e. The van der Waals surface area contributed by atoms with Gasteiger partial charge in [-0.25, -0.2) is 9.67 Å². The number of halogens is 1. The predicted molar refractivity (Wildman–Crippen MR) is 125 cm³/mol. The van der Waals surface area contributed by atoms with E-state index in [1.807, 2.05) is 33.6 Å². The molecule has 0 aliphatic carbocycles. The fourth-order valence-electron chi connectivity index (χ4n) is 3.62. The topological polar surface area (TPSA) is 76.7 Å². The highest BCUT2D eigenvalue weighted by molar-refractivity contribution is 6.28. The van der Waals surface area contributed by atoms with E-state index >= 15 is 0 Å². The quantitative estimate of drug-likeness (QED) is 0.401. The lowest BCUT2D eigenvalue weighted by molar-refractivity contribution is 0.612. The summed E-state index contributed by atoms with van der Waals surface area (Å²) in [5.74, 6) is 1.59. The highest BCUT2D eigenvalue weighted by atomic mass is 35.5. The number of aromatic nitrogens is 6. The summed E-state index contributed by atoms with van der Waals surface area (Å²) in [7, 11) is 0. The van der Waals surface area contributed by atoms with Crippen LogP contribution in [0.25, 0.3) is 16.9 Å². The lowest BCUT2D eigenvalue weighted by Gasteiger charge is -2.17. The molecule has 1 aromatic carbocycles. The third-order valence-electron chi connectivity index (χ3n) is 5.30. The summed E-state index contributed by atoms with van der Waals surface area (Å²) in [5, 5.41) is 8.37. The van der Waals surface area contributed by atoms with E-state index in [0.29, 0.717) is 17.9 Å². The van der Waals surface area contributed by atoms with E-state index in [1.165, 1.54) is 0 Å². The second-order valence-electron chi connectivity index (χ2n) is 7.53. The maximum absolute atomic E-state index is 6.20. The number of nitrogens with one attached hydrogen (secondary N) is 1. The number of hydrogen-bond acceptors (Lipinski definition) is 6. The normalized spacial score (nSPS) is 11.4. The number of fused-ring (bicyclic) bond motifs is 1. The van der Waals surface area contributed by atoms with E-state index in [-0.39, 0.29) is 11.3 Å². The van der Waals surface area contributed by atoms with Crippen molar-refractivity contribution in [1.29, 1.82) is 0 Å². The summed E-state index contributed by atoms with van der Waals surface area (Å²) in [6.07, 6.45) is 3.77. The molecule has 162 valence electrons. The van der Waals surface area contributed by atoms with E-state index in [0.717, 1.165) is 35.8 Å². The second kappa shape index (κ2) is 8.93. The van der Waals surface area contributed by atoms with Gasteiger partial charge in [0.05, 0.1) is 12.0 Å². The Morgan fingerprint density at radius 2 is 1.87 bits per heavy atom. The van der Waals surface area contributed by atoms with Gasteiger partial charge in [0.1, 0.15) is 0 Å². The van der Waals surface area contributed by atoms with Crippen LogP contribution in [-0.2, 0) is 6.54 Å². The van der Waals surface area contributed by atoms with Gasteiger partial charge in [-0.1, -0.05) is 18.2 Å². The summed E-state index contributed by atoms with van der Waals surface area (Å²) >= 11 is 6.20. The summed E-state index contributed by atoms with van der Waals surface area (Å²) in [4.78, 5) is 15.5. The third kappa shape index (κ3) is 4.20. The number of nitrogens with zero attached hydrogens (tertiary/aromatic N) is 7. The average Bonchev–Trinajstić information content (AvgIpc) is 3.41. The van der Waals surface area contributed by atoms with Gasteiger partial charge in [0.2, 0.25) is 5.28 Å². The van der Waals surface area contributed by atoms with Crippen molar-refractivity contribution < 1.29 is 0 Å². The predicted octanol–water partition coefficient (Wildman–Crippen LogP) is 4.70. The first-order chi connectivity index (χ1) is 15.0. The van der Waals surface area contributed by atoms with Crippen molar-refractivity contribution in [1.82, 2.24) is 29.3 Å². The number of anilines is 2. The molecule has 31 heavy (non-hydrogen) atoms. The van der Waals surface area contributed by atoms with Crippen LogP contribution in [0.15, 0.2) is 42.9 Å². The lowest BCUT2D eigenvalue weighted by atomic mass is 10.2. The fraction of sp³-hybridized carbons (Fsp3) is 0.364. The van der Waals surface area contributed by atoms with Gasteiger partial charge in [0.25, 0.3) is 0 Å². The monoisotopic (exact) mass is 438 g/mol. The Labute approximate surface area is 186 Å². The molecule has 0 saturated heterocycles. The number of para-hydroxylation sites is 1. The molecule has 4 rings (SSSR count). The van der Waals surface area contributed by atoms with Gasteiger partial charge in [0, 0.05) is 37.9 Å². The molecule has 0 saturated carbocycles. The van der Waals surface area contributed by atoms with Gasteiger partial charge in [-0.2, -0.15) is 15.1 Å². The third-order valence-corrected chi connectivity index (χ3v) is 5.47. The molecule has 9 heteroatoms. The van der Waals surface area contributed by atoms with E-state index in [2.05, 4.69) is 65.0 Å². The first-order valence-corrected chi connectivity index (χ1v) is 10.9. The van der Waals surface area contributed by atoms with E-state index in [9.17, 15) is 0 Å². The Bertz CT molecular complexity index is 1180. The lowest BCUT2D eigenvalue weighted by Crippen LogP contribution is -2.22. The number of hydrogen-bond donors (Lipinski definition) is 1. The van der Waals surface area contributed by atoms with Crippen molar-refractivity contribution in [2.24, 2.45) is 0 Å². The minimum atomic E-state index is 0.196. The fourth-order valence-corrected chi connectivity index (χ4v) is 3.78. The van der Waals surface area contributed by atoms with Crippen molar-refractivity contribution in [2.45, 2.75) is 40.3 Å². The average molecular weight is 439 g/mol. The van der Waals surface area contributed by atoms with Gasteiger partial charge in [-0.3, -0.25) is 0 Å². The molecular weight excluding hydrogens is 412 g/mol. The molecule has 3 aromatic heterocycles.